The highest BCUT2D eigenvalue weighted by molar-refractivity contribution is 5.95. The number of fused-ring (bicyclic) bond motifs is 1. The van der Waals surface area contributed by atoms with E-state index in [0.717, 1.165) is 30.5 Å². The van der Waals surface area contributed by atoms with Crippen LogP contribution in [0, 0.1) is 0 Å². The molecular weight excluding hydrogens is 290 g/mol. The van der Waals surface area contributed by atoms with Crippen LogP contribution in [0.3, 0.4) is 0 Å². The third kappa shape index (κ3) is 3.34. The van der Waals surface area contributed by atoms with Crippen LogP contribution in [0.4, 0.5) is 5.69 Å². The molecule has 0 saturated carbocycles. The van der Waals surface area contributed by atoms with Crippen molar-refractivity contribution < 1.29 is 9.53 Å². The number of carbonyl (C=O) groups is 1. The van der Waals surface area contributed by atoms with E-state index in [0.29, 0.717) is 18.3 Å². The number of aromatic amines is 1. The van der Waals surface area contributed by atoms with Crippen molar-refractivity contribution in [1.82, 2.24) is 10.3 Å². The zero-order valence-electron chi connectivity index (χ0n) is 13.9. The van der Waals surface area contributed by atoms with Crippen molar-refractivity contribution in [1.29, 1.82) is 0 Å². The van der Waals surface area contributed by atoms with Crippen LogP contribution >= 0.6 is 0 Å². The molecule has 1 aliphatic rings. The molecule has 2 aromatic rings. The molecule has 1 aromatic carbocycles. The van der Waals surface area contributed by atoms with Crippen molar-refractivity contribution in [2.24, 2.45) is 0 Å². The molecule has 5 nitrogen and oxygen atoms in total. The zero-order chi connectivity index (χ0) is 16.2. The standard InChI is InChI=1S/C18H25N3O2/c1-3-21(14-7-9-19-10-8-14)15-5-6-16-13(11-15)12-17(20-16)18(22)23-4-2/h5-6,11-12,14,19-20H,3-4,7-10H2,1-2H3. The summed E-state index contributed by atoms with van der Waals surface area (Å²) in [7, 11) is 0. The van der Waals surface area contributed by atoms with Gasteiger partial charge in [-0.25, -0.2) is 4.79 Å². The highest BCUT2D eigenvalue weighted by atomic mass is 16.5. The summed E-state index contributed by atoms with van der Waals surface area (Å²) in [6.07, 6.45) is 2.35. The quantitative estimate of drug-likeness (QED) is 0.833. The lowest BCUT2D eigenvalue weighted by molar-refractivity contribution is 0.0520. The van der Waals surface area contributed by atoms with E-state index >= 15 is 0 Å². The lowest BCUT2D eigenvalue weighted by Gasteiger charge is -2.35. The Bertz CT molecular complexity index is 674. The number of H-pyrrole nitrogens is 1. The Labute approximate surface area is 137 Å². The first-order valence-corrected chi connectivity index (χ1v) is 8.50. The number of piperidine rings is 1. The van der Waals surface area contributed by atoms with Crippen LogP contribution in [-0.4, -0.2) is 43.2 Å². The minimum atomic E-state index is -0.295. The van der Waals surface area contributed by atoms with Crippen molar-refractivity contribution in [2.45, 2.75) is 32.7 Å². The number of benzene rings is 1. The fourth-order valence-electron chi connectivity index (χ4n) is 3.39. The van der Waals surface area contributed by atoms with E-state index in [2.05, 4.69) is 40.3 Å². The monoisotopic (exact) mass is 315 g/mol. The van der Waals surface area contributed by atoms with Crippen molar-refractivity contribution in [3.63, 3.8) is 0 Å². The van der Waals surface area contributed by atoms with Crippen LogP contribution in [0.1, 0.15) is 37.2 Å². The molecule has 1 aromatic heterocycles. The number of hydrogen-bond donors (Lipinski definition) is 2. The van der Waals surface area contributed by atoms with Crippen molar-refractivity contribution in [3.05, 3.63) is 30.0 Å². The molecule has 124 valence electrons. The zero-order valence-corrected chi connectivity index (χ0v) is 13.9. The summed E-state index contributed by atoms with van der Waals surface area (Å²) in [5, 5.41) is 4.47. The van der Waals surface area contributed by atoms with Crippen LogP contribution in [0.5, 0.6) is 0 Å². The summed E-state index contributed by atoms with van der Waals surface area (Å²) in [6.45, 7) is 7.56. The van der Waals surface area contributed by atoms with Crippen LogP contribution in [0.2, 0.25) is 0 Å². The Morgan fingerprint density at radius 1 is 1.26 bits per heavy atom. The van der Waals surface area contributed by atoms with Gasteiger partial charge in [-0.2, -0.15) is 0 Å². The van der Waals surface area contributed by atoms with Crippen LogP contribution in [0.15, 0.2) is 24.3 Å². The minimum Gasteiger partial charge on any atom is -0.461 e. The van der Waals surface area contributed by atoms with Gasteiger partial charge in [-0.05, 0) is 64.0 Å². The van der Waals surface area contributed by atoms with E-state index in [9.17, 15) is 4.79 Å². The summed E-state index contributed by atoms with van der Waals surface area (Å²) in [6, 6.07) is 8.83. The number of nitrogens with zero attached hydrogens (tertiary/aromatic N) is 1. The molecule has 0 aliphatic carbocycles. The summed E-state index contributed by atoms with van der Waals surface area (Å²) >= 11 is 0. The van der Waals surface area contributed by atoms with Gasteiger partial charge < -0.3 is 19.9 Å². The average Bonchev–Trinajstić information content (AvgIpc) is 3.00. The molecule has 3 rings (SSSR count). The lowest BCUT2D eigenvalue weighted by atomic mass is 10.0. The smallest absolute Gasteiger partial charge is 0.354 e. The maximum absolute atomic E-state index is 11.9. The van der Waals surface area contributed by atoms with Gasteiger partial charge in [-0.1, -0.05) is 0 Å². The first kappa shape index (κ1) is 15.9. The van der Waals surface area contributed by atoms with Crippen molar-refractivity contribution >= 4 is 22.6 Å². The molecule has 1 saturated heterocycles. The molecule has 0 spiro atoms. The topological polar surface area (TPSA) is 57.4 Å². The molecule has 5 heteroatoms. The number of hydrogen-bond acceptors (Lipinski definition) is 4. The molecule has 0 amide bonds. The fraction of sp³-hybridized carbons (Fsp3) is 0.500. The van der Waals surface area contributed by atoms with Gasteiger partial charge >= 0.3 is 5.97 Å². The molecule has 0 radical (unpaired) electrons. The maximum atomic E-state index is 11.9. The second-order valence-corrected chi connectivity index (χ2v) is 5.94. The lowest BCUT2D eigenvalue weighted by Crippen LogP contribution is -2.43. The van der Waals surface area contributed by atoms with Crippen LogP contribution in [-0.2, 0) is 4.74 Å². The van der Waals surface area contributed by atoms with Gasteiger partial charge in [0.1, 0.15) is 5.69 Å². The van der Waals surface area contributed by atoms with Gasteiger partial charge in [-0.15, -0.1) is 0 Å². The summed E-state index contributed by atoms with van der Waals surface area (Å²) in [5.41, 5.74) is 2.71. The normalized spacial score (nSPS) is 15.7. The minimum absolute atomic E-state index is 0.295. The number of rotatable bonds is 5. The highest BCUT2D eigenvalue weighted by Gasteiger charge is 2.20. The molecule has 1 fully saturated rings. The average molecular weight is 315 g/mol. The highest BCUT2D eigenvalue weighted by Crippen LogP contribution is 2.26. The van der Waals surface area contributed by atoms with Crippen molar-refractivity contribution in [2.75, 3.05) is 31.1 Å². The van der Waals surface area contributed by atoms with Gasteiger partial charge in [0.05, 0.1) is 6.61 Å². The molecule has 2 heterocycles. The van der Waals surface area contributed by atoms with Crippen LogP contribution in [0.25, 0.3) is 10.9 Å². The number of carbonyl (C=O) groups excluding carboxylic acids is 1. The van der Waals surface area contributed by atoms with E-state index in [1.807, 2.05) is 13.0 Å². The third-order valence-corrected chi connectivity index (χ3v) is 4.52. The van der Waals surface area contributed by atoms with Gasteiger partial charge in [0, 0.05) is 29.2 Å². The van der Waals surface area contributed by atoms with Gasteiger partial charge in [0.15, 0.2) is 0 Å². The predicted octanol–water partition coefficient (Wildman–Crippen LogP) is 2.92. The van der Waals surface area contributed by atoms with E-state index in [1.54, 1.807) is 0 Å². The predicted molar refractivity (Wildman–Crippen MR) is 93.2 cm³/mol. The number of ether oxygens (including phenoxy) is 1. The number of esters is 1. The van der Waals surface area contributed by atoms with Gasteiger partial charge in [-0.3, -0.25) is 0 Å². The van der Waals surface area contributed by atoms with Crippen LogP contribution < -0.4 is 10.2 Å². The van der Waals surface area contributed by atoms with Gasteiger partial charge in [0.2, 0.25) is 0 Å². The largest absolute Gasteiger partial charge is 0.461 e. The van der Waals surface area contributed by atoms with E-state index in [-0.39, 0.29) is 5.97 Å². The number of aromatic nitrogens is 1. The van der Waals surface area contributed by atoms with Gasteiger partial charge in [0.25, 0.3) is 0 Å². The first-order chi connectivity index (χ1) is 11.2. The molecule has 2 N–H and O–H groups in total. The van der Waals surface area contributed by atoms with E-state index in [4.69, 9.17) is 4.74 Å². The summed E-state index contributed by atoms with van der Waals surface area (Å²) in [4.78, 5) is 17.5. The number of anilines is 1. The second kappa shape index (κ2) is 7.04. The molecular formula is C18H25N3O2. The Morgan fingerprint density at radius 3 is 2.74 bits per heavy atom. The third-order valence-electron chi connectivity index (χ3n) is 4.52. The van der Waals surface area contributed by atoms with Crippen molar-refractivity contribution in [3.8, 4) is 0 Å². The Balaban J connectivity index is 1.87. The summed E-state index contributed by atoms with van der Waals surface area (Å²) in [5.74, 6) is -0.295. The molecule has 0 unspecified atom stereocenters. The Kier molecular flexibility index (Phi) is 4.86. The number of nitrogens with one attached hydrogen (secondary N) is 2. The fourth-order valence-corrected chi connectivity index (χ4v) is 3.39. The first-order valence-electron chi connectivity index (χ1n) is 8.50. The van der Waals surface area contributed by atoms with E-state index < -0.39 is 0 Å². The molecule has 23 heavy (non-hydrogen) atoms. The summed E-state index contributed by atoms with van der Waals surface area (Å²) < 4.78 is 5.06. The van der Waals surface area contributed by atoms with E-state index in [1.165, 1.54) is 18.5 Å². The Hall–Kier alpha value is -2.01. The Morgan fingerprint density at radius 2 is 2.04 bits per heavy atom. The SMILES string of the molecule is CCOC(=O)c1cc2cc(N(CC)C3CCNCC3)ccc2[nH]1. The molecule has 1 aliphatic heterocycles. The maximum Gasteiger partial charge on any atom is 0.354 e. The second-order valence-electron chi connectivity index (χ2n) is 5.94. The molecule has 0 bridgehead atoms. The molecule has 0 atom stereocenters.